The van der Waals surface area contributed by atoms with E-state index in [9.17, 15) is 19.2 Å². The molecular formula is C32H37Cl3N4O4. The van der Waals surface area contributed by atoms with Gasteiger partial charge >= 0.3 is 0 Å². The lowest BCUT2D eigenvalue weighted by molar-refractivity contribution is -0.122. The van der Waals surface area contributed by atoms with Crippen LogP contribution in [0.5, 0.6) is 0 Å². The van der Waals surface area contributed by atoms with E-state index in [1.807, 2.05) is 0 Å². The first-order chi connectivity index (χ1) is 20.7. The molecule has 2 heterocycles. The quantitative estimate of drug-likeness (QED) is 0.127. The molecule has 2 aromatic carbocycles. The lowest BCUT2D eigenvalue weighted by Crippen LogP contribution is -2.32. The van der Waals surface area contributed by atoms with Gasteiger partial charge in [0.05, 0.1) is 21.3 Å². The van der Waals surface area contributed by atoms with Gasteiger partial charge in [0.15, 0.2) is 0 Å². The van der Waals surface area contributed by atoms with Crippen LogP contribution in [0.2, 0.25) is 15.1 Å². The molecule has 4 rings (SSSR count). The number of nitrogens with zero attached hydrogens (tertiary/aromatic N) is 2. The average Bonchev–Trinajstić information content (AvgIpc) is 3.45. The molecule has 1 aliphatic heterocycles. The highest BCUT2D eigenvalue weighted by Gasteiger charge is 2.40. The number of para-hydroxylation sites is 1. The maximum atomic E-state index is 13.3. The average molecular weight is 648 g/mol. The summed E-state index contributed by atoms with van der Waals surface area (Å²) in [6, 6.07) is 10.5. The van der Waals surface area contributed by atoms with Crippen molar-refractivity contribution in [2.45, 2.75) is 84.0 Å². The maximum Gasteiger partial charge on any atom is 0.273 e. The van der Waals surface area contributed by atoms with Crippen molar-refractivity contribution < 1.29 is 14.4 Å². The largest absolute Gasteiger partial charge is 0.307 e. The molecule has 2 N–H and O–H groups in total. The lowest BCUT2D eigenvalue weighted by atomic mass is 9.98. The molecule has 3 aromatic rings. The number of anilines is 2. The number of amides is 3. The summed E-state index contributed by atoms with van der Waals surface area (Å²) >= 11 is 18.5. The van der Waals surface area contributed by atoms with Crippen LogP contribution in [0.15, 0.2) is 47.3 Å². The number of aromatic amines is 1. The number of carbonyl (C=O) groups excluding carboxylic acids is 3. The van der Waals surface area contributed by atoms with Crippen LogP contribution in [0.25, 0.3) is 5.69 Å². The lowest BCUT2D eigenvalue weighted by Gasteiger charge is -2.18. The van der Waals surface area contributed by atoms with E-state index in [1.165, 1.54) is 69.2 Å². The van der Waals surface area contributed by atoms with Gasteiger partial charge in [0.1, 0.15) is 11.5 Å². The highest BCUT2D eigenvalue weighted by molar-refractivity contribution is 6.40. The first-order valence-corrected chi connectivity index (χ1v) is 16.1. The molecule has 0 saturated carbocycles. The number of hydrogen-bond donors (Lipinski definition) is 2. The Hall–Kier alpha value is -3.07. The summed E-state index contributed by atoms with van der Waals surface area (Å²) in [7, 11) is 0. The number of unbranched alkanes of at least 4 members (excludes halogenated alkanes) is 9. The van der Waals surface area contributed by atoms with Crippen molar-refractivity contribution in [1.29, 1.82) is 0 Å². The van der Waals surface area contributed by atoms with Gasteiger partial charge in [0.25, 0.3) is 11.5 Å². The smallest absolute Gasteiger partial charge is 0.273 e. The number of halogens is 3. The van der Waals surface area contributed by atoms with Gasteiger partial charge in [-0.05, 0) is 30.7 Å². The highest BCUT2D eigenvalue weighted by atomic mass is 35.5. The van der Waals surface area contributed by atoms with E-state index < -0.39 is 17.4 Å². The van der Waals surface area contributed by atoms with E-state index in [2.05, 4.69) is 17.3 Å². The summed E-state index contributed by atoms with van der Waals surface area (Å²) in [5.74, 6) is -1.53. The topological polar surface area (TPSA) is 104 Å². The standard InChI is InChI=1S/C32H37Cl3N4O4/c1-2-3-4-5-6-7-8-9-10-11-14-21-17-28(40)38(32(21)43)26-16-13-12-15-23(26)31(42)36-27-20-29(41)39(37-27)30-24(34)18-22(33)19-25(30)35/h12-13,15-16,18-21,37H,2-11,14,17H2,1H3,(H,36,42). The summed E-state index contributed by atoms with van der Waals surface area (Å²) in [4.78, 5) is 53.5. The molecule has 3 amide bonds. The Kier molecular flexibility index (Phi) is 11.9. The number of imide groups is 1. The van der Waals surface area contributed by atoms with Crippen molar-refractivity contribution in [3.05, 3.63) is 73.4 Å². The Morgan fingerprint density at radius 3 is 2.14 bits per heavy atom. The maximum absolute atomic E-state index is 13.3. The van der Waals surface area contributed by atoms with Gasteiger partial charge in [-0.3, -0.25) is 24.3 Å². The molecule has 11 heteroatoms. The van der Waals surface area contributed by atoms with E-state index in [-0.39, 0.29) is 51.0 Å². The Morgan fingerprint density at radius 2 is 1.49 bits per heavy atom. The highest BCUT2D eigenvalue weighted by Crippen LogP contribution is 2.33. The molecule has 1 fully saturated rings. The van der Waals surface area contributed by atoms with Gasteiger partial charge < -0.3 is 5.32 Å². The Bertz CT molecular complexity index is 1490. The zero-order valence-electron chi connectivity index (χ0n) is 24.3. The first kappa shape index (κ1) is 32.8. The predicted octanol–water partition coefficient (Wildman–Crippen LogP) is 8.57. The van der Waals surface area contributed by atoms with Crippen LogP contribution in [0.3, 0.4) is 0 Å². The molecule has 1 saturated heterocycles. The third-order valence-corrected chi connectivity index (χ3v) is 8.50. The summed E-state index contributed by atoms with van der Waals surface area (Å²) < 4.78 is 1.09. The molecule has 1 aliphatic rings. The Morgan fingerprint density at radius 1 is 0.884 bits per heavy atom. The van der Waals surface area contributed by atoms with E-state index in [1.54, 1.807) is 18.2 Å². The zero-order valence-corrected chi connectivity index (χ0v) is 26.5. The molecule has 1 unspecified atom stereocenters. The minimum Gasteiger partial charge on any atom is -0.307 e. The van der Waals surface area contributed by atoms with Gasteiger partial charge in [-0.25, -0.2) is 9.58 Å². The Labute approximate surface area is 266 Å². The summed E-state index contributed by atoms with van der Waals surface area (Å²) in [6.45, 7) is 2.22. The SMILES string of the molecule is CCCCCCCCCCCCC1CC(=O)N(c2ccccc2C(=O)Nc2cc(=O)n(-c3c(Cl)cc(Cl)cc3Cl)[nH]2)C1=O. The van der Waals surface area contributed by atoms with Gasteiger partial charge in [-0.2, -0.15) is 0 Å². The van der Waals surface area contributed by atoms with Crippen LogP contribution in [0.1, 0.15) is 94.3 Å². The molecule has 0 radical (unpaired) electrons. The van der Waals surface area contributed by atoms with Gasteiger partial charge in [-0.1, -0.05) is 118 Å². The van der Waals surface area contributed by atoms with E-state index >= 15 is 0 Å². The van der Waals surface area contributed by atoms with E-state index in [0.29, 0.717) is 11.4 Å². The van der Waals surface area contributed by atoms with Crippen molar-refractivity contribution in [3.8, 4) is 5.69 Å². The third-order valence-electron chi connectivity index (χ3n) is 7.71. The predicted molar refractivity (Wildman–Crippen MR) is 173 cm³/mol. The summed E-state index contributed by atoms with van der Waals surface area (Å²) in [5.41, 5.74) is 0.000788. The normalized spacial score (nSPS) is 15.0. The molecule has 0 aliphatic carbocycles. The minimum atomic E-state index is -0.601. The van der Waals surface area contributed by atoms with Gasteiger partial charge in [0.2, 0.25) is 11.8 Å². The Balaban J connectivity index is 1.37. The summed E-state index contributed by atoms with van der Waals surface area (Å²) in [5, 5.41) is 6.01. The fraction of sp³-hybridized carbons (Fsp3) is 0.438. The second-order valence-corrected chi connectivity index (χ2v) is 12.2. The number of H-pyrrole nitrogens is 1. The van der Waals surface area contributed by atoms with Crippen LogP contribution >= 0.6 is 34.8 Å². The van der Waals surface area contributed by atoms with E-state index in [4.69, 9.17) is 34.8 Å². The molecule has 230 valence electrons. The monoisotopic (exact) mass is 646 g/mol. The second kappa shape index (κ2) is 15.6. The number of benzene rings is 2. The van der Waals surface area contributed by atoms with Crippen LogP contribution in [0, 0.1) is 5.92 Å². The van der Waals surface area contributed by atoms with Crippen LogP contribution in [-0.2, 0) is 9.59 Å². The number of hydrogen-bond acceptors (Lipinski definition) is 4. The first-order valence-electron chi connectivity index (χ1n) is 15.0. The second-order valence-electron chi connectivity index (χ2n) is 11.0. The van der Waals surface area contributed by atoms with Crippen molar-refractivity contribution in [1.82, 2.24) is 9.78 Å². The van der Waals surface area contributed by atoms with Crippen molar-refractivity contribution >= 4 is 64.0 Å². The molecule has 8 nitrogen and oxygen atoms in total. The van der Waals surface area contributed by atoms with Gasteiger partial charge in [-0.15, -0.1) is 0 Å². The minimum absolute atomic E-state index is 0.0739. The molecular weight excluding hydrogens is 611 g/mol. The number of rotatable bonds is 15. The molecule has 1 atom stereocenters. The molecule has 43 heavy (non-hydrogen) atoms. The molecule has 0 spiro atoms. The zero-order chi connectivity index (χ0) is 30.9. The number of aromatic nitrogens is 2. The third kappa shape index (κ3) is 8.31. The number of carbonyl (C=O) groups is 3. The van der Waals surface area contributed by atoms with Crippen LogP contribution < -0.4 is 15.8 Å². The van der Waals surface area contributed by atoms with Gasteiger partial charge in [0, 0.05) is 23.4 Å². The fourth-order valence-corrected chi connectivity index (χ4v) is 6.46. The van der Waals surface area contributed by atoms with E-state index in [0.717, 1.165) is 28.8 Å². The molecule has 0 bridgehead atoms. The molecule has 1 aromatic heterocycles. The number of nitrogens with one attached hydrogen (secondary N) is 2. The van der Waals surface area contributed by atoms with Crippen LogP contribution in [0.4, 0.5) is 11.5 Å². The van der Waals surface area contributed by atoms with Crippen molar-refractivity contribution in [3.63, 3.8) is 0 Å². The van der Waals surface area contributed by atoms with Crippen molar-refractivity contribution in [2.24, 2.45) is 5.92 Å². The fourth-order valence-electron chi connectivity index (χ4n) is 5.48. The van der Waals surface area contributed by atoms with Crippen molar-refractivity contribution in [2.75, 3.05) is 10.2 Å². The van der Waals surface area contributed by atoms with Crippen LogP contribution in [-0.4, -0.2) is 27.5 Å². The summed E-state index contributed by atoms with van der Waals surface area (Å²) in [6.07, 6.45) is 12.8.